The van der Waals surface area contributed by atoms with Crippen LogP contribution >= 0.6 is 11.8 Å². The van der Waals surface area contributed by atoms with Crippen LogP contribution in [0.1, 0.15) is 68.9 Å². The molecular formula is C22H31N3O3S. The minimum absolute atomic E-state index is 0.128. The summed E-state index contributed by atoms with van der Waals surface area (Å²) in [6, 6.07) is 7.55. The highest BCUT2D eigenvalue weighted by molar-refractivity contribution is 8.13. The van der Waals surface area contributed by atoms with Crippen molar-refractivity contribution >= 4 is 39.6 Å². The van der Waals surface area contributed by atoms with Crippen molar-refractivity contribution in [2.24, 2.45) is 0 Å². The van der Waals surface area contributed by atoms with Gasteiger partial charge in [0.25, 0.3) is 5.91 Å². The summed E-state index contributed by atoms with van der Waals surface area (Å²) in [4.78, 5) is 27.1. The molecule has 1 heterocycles. The summed E-state index contributed by atoms with van der Waals surface area (Å²) >= 11 is 1.39. The third-order valence-electron chi connectivity index (χ3n) is 4.35. The van der Waals surface area contributed by atoms with E-state index in [0.717, 1.165) is 42.1 Å². The summed E-state index contributed by atoms with van der Waals surface area (Å²) in [5, 5.41) is 12.3. The molecule has 29 heavy (non-hydrogen) atoms. The first-order valence-electron chi connectivity index (χ1n) is 9.95. The van der Waals surface area contributed by atoms with Crippen molar-refractivity contribution in [3.63, 3.8) is 0 Å². The van der Waals surface area contributed by atoms with E-state index in [0.29, 0.717) is 23.7 Å². The number of aromatic amines is 1. The summed E-state index contributed by atoms with van der Waals surface area (Å²) in [5.41, 5.74) is 1.79. The average Bonchev–Trinajstić information content (AvgIpc) is 3.08. The molecule has 0 bridgehead atoms. The monoisotopic (exact) mass is 417 g/mol. The zero-order valence-electron chi connectivity index (χ0n) is 17.7. The summed E-state index contributed by atoms with van der Waals surface area (Å²) in [6.45, 7) is 6.21. The van der Waals surface area contributed by atoms with Crippen LogP contribution in [0.4, 0.5) is 0 Å². The van der Waals surface area contributed by atoms with E-state index in [9.17, 15) is 9.59 Å². The number of amides is 1. The van der Waals surface area contributed by atoms with E-state index >= 15 is 0 Å². The number of esters is 1. The Morgan fingerprint density at radius 1 is 1.14 bits per heavy atom. The highest BCUT2D eigenvalue weighted by Gasteiger charge is 2.15. The third-order valence-corrected chi connectivity index (χ3v) is 4.99. The normalized spacial score (nSPS) is 11.4. The maximum absolute atomic E-state index is 12.4. The third kappa shape index (κ3) is 7.57. The Morgan fingerprint density at radius 2 is 1.86 bits per heavy atom. The van der Waals surface area contributed by atoms with E-state index < -0.39 is 5.60 Å². The van der Waals surface area contributed by atoms with Gasteiger partial charge in [-0.3, -0.25) is 15.0 Å². The van der Waals surface area contributed by atoms with Gasteiger partial charge in [-0.2, -0.15) is 0 Å². The number of nitrogens with one attached hydrogen (secondary N) is 3. The van der Waals surface area contributed by atoms with Crippen LogP contribution in [0.25, 0.3) is 10.9 Å². The Balaban J connectivity index is 1.70. The van der Waals surface area contributed by atoms with E-state index in [1.54, 1.807) is 0 Å². The number of H-pyrrole nitrogens is 1. The summed E-state index contributed by atoms with van der Waals surface area (Å²) in [5.74, 6) is -0.281. The molecule has 0 spiro atoms. The molecule has 2 aromatic rings. The Kier molecular flexibility index (Phi) is 8.32. The number of carbonyl (C=O) groups excluding carboxylic acids is 2. The highest BCUT2D eigenvalue weighted by atomic mass is 32.2. The lowest BCUT2D eigenvalue weighted by molar-refractivity contribution is -0.154. The van der Waals surface area contributed by atoms with Crippen LogP contribution in [0.5, 0.6) is 0 Å². The number of carbonyl (C=O) groups is 2. The lowest BCUT2D eigenvalue weighted by Crippen LogP contribution is -2.24. The molecule has 3 N–H and O–H groups in total. The lowest BCUT2D eigenvalue weighted by atomic mass is 10.1. The molecule has 0 aliphatic carbocycles. The minimum Gasteiger partial charge on any atom is -0.460 e. The maximum atomic E-state index is 12.4. The zero-order chi connectivity index (χ0) is 21.4. The van der Waals surface area contributed by atoms with Crippen LogP contribution in [-0.2, 0) is 9.53 Å². The van der Waals surface area contributed by atoms with Gasteiger partial charge >= 0.3 is 5.97 Å². The van der Waals surface area contributed by atoms with E-state index in [2.05, 4.69) is 10.3 Å². The Morgan fingerprint density at radius 3 is 2.55 bits per heavy atom. The van der Waals surface area contributed by atoms with Gasteiger partial charge in [0, 0.05) is 29.4 Å². The molecule has 2 rings (SSSR count). The second-order valence-electron chi connectivity index (χ2n) is 8.02. The number of unbranched alkanes of at least 4 members (excludes halogenated alkanes) is 3. The fraction of sp³-hybridized carbons (Fsp3) is 0.500. The van der Waals surface area contributed by atoms with Crippen molar-refractivity contribution < 1.29 is 14.3 Å². The lowest BCUT2D eigenvalue weighted by Gasteiger charge is -2.19. The van der Waals surface area contributed by atoms with Crippen molar-refractivity contribution in [1.82, 2.24) is 10.3 Å². The molecule has 1 aromatic heterocycles. The first-order valence-corrected chi connectivity index (χ1v) is 11.2. The van der Waals surface area contributed by atoms with E-state index in [-0.39, 0.29) is 11.9 Å². The quantitative estimate of drug-likeness (QED) is 0.235. The molecule has 158 valence electrons. The van der Waals surface area contributed by atoms with Crippen molar-refractivity contribution in [2.75, 3.05) is 12.8 Å². The number of hydrogen-bond acceptors (Lipinski definition) is 5. The van der Waals surface area contributed by atoms with Crippen molar-refractivity contribution in [1.29, 1.82) is 5.41 Å². The van der Waals surface area contributed by atoms with Crippen molar-refractivity contribution in [3.8, 4) is 0 Å². The summed E-state index contributed by atoms with van der Waals surface area (Å²) in [7, 11) is 0. The first kappa shape index (κ1) is 23.0. The predicted molar refractivity (Wildman–Crippen MR) is 120 cm³/mol. The van der Waals surface area contributed by atoms with Gasteiger partial charge in [-0.25, -0.2) is 0 Å². The van der Waals surface area contributed by atoms with Crippen LogP contribution in [0, 0.1) is 5.41 Å². The largest absolute Gasteiger partial charge is 0.460 e. The number of hydrogen-bond donors (Lipinski definition) is 3. The molecule has 1 amide bonds. The van der Waals surface area contributed by atoms with Gasteiger partial charge in [-0.05, 0) is 52.0 Å². The average molecular weight is 418 g/mol. The van der Waals surface area contributed by atoms with E-state index in [4.69, 9.17) is 10.1 Å². The molecule has 0 radical (unpaired) electrons. The van der Waals surface area contributed by atoms with Crippen LogP contribution in [0.3, 0.4) is 0 Å². The smallest absolute Gasteiger partial charge is 0.306 e. The minimum atomic E-state index is -0.428. The Bertz CT molecular complexity index is 868. The Labute approximate surface area is 176 Å². The SMILES string of the molecule is CSC(=N)c1ccc2cc(C(=O)NCCCCCCC(=O)OC(C)(C)C)[nH]c2c1. The van der Waals surface area contributed by atoms with Crippen LogP contribution in [-0.4, -0.2) is 40.3 Å². The number of ether oxygens (including phenoxy) is 1. The number of fused-ring (bicyclic) bond motifs is 1. The van der Waals surface area contributed by atoms with Gasteiger partial charge in [0.1, 0.15) is 11.3 Å². The summed E-state index contributed by atoms with van der Waals surface area (Å²) in [6.07, 6.45) is 5.88. The number of rotatable bonds is 9. The highest BCUT2D eigenvalue weighted by Crippen LogP contribution is 2.19. The van der Waals surface area contributed by atoms with Crippen molar-refractivity contribution in [3.05, 3.63) is 35.5 Å². The van der Waals surface area contributed by atoms with E-state index in [1.807, 2.05) is 51.3 Å². The second kappa shape index (κ2) is 10.5. The molecule has 1 aromatic carbocycles. The number of thioether (sulfide) groups is 1. The fourth-order valence-corrected chi connectivity index (χ4v) is 3.31. The van der Waals surface area contributed by atoms with Gasteiger partial charge in [0.2, 0.25) is 0 Å². The topological polar surface area (TPSA) is 95.0 Å². The standard InChI is InChI=1S/C22H31N3O3S/c1-22(2,3)28-19(26)9-7-5-6-8-12-24-21(27)18-13-15-10-11-16(20(23)29-4)14-17(15)25-18/h10-11,13-14,23,25H,5-9,12H2,1-4H3,(H,24,27). The number of aromatic nitrogens is 1. The molecule has 0 unspecified atom stereocenters. The summed E-state index contributed by atoms with van der Waals surface area (Å²) < 4.78 is 5.29. The van der Waals surface area contributed by atoms with Crippen molar-refractivity contribution in [2.45, 2.75) is 58.5 Å². The molecule has 0 atom stereocenters. The van der Waals surface area contributed by atoms with E-state index in [1.165, 1.54) is 11.8 Å². The second-order valence-corrected chi connectivity index (χ2v) is 8.84. The van der Waals surface area contributed by atoms with Crippen LogP contribution in [0.2, 0.25) is 0 Å². The zero-order valence-corrected chi connectivity index (χ0v) is 18.5. The Hall–Kier alpha value is -2.28. The molecule has 0 aliphatic rings. The molecule has 0 fully saturated rings. The molecule has 0 saturated carbocycles. The molecule has 6 nitrogen and oxygen atoms in total. The van der Waals surface area contributed by atoms with Gasteiger partial charge in [-0.1, -0.05) is 25.0 Å². The molecule has 0 aliphatic heterocycles. The number of benzene rings is 1. The molecular weight excluding hydrogens is 386 g/mol. The van der Waals surface area contributed by atoms with Gasteiger partial charge < -0.3 is 15.0 Å². The van der Waals surface area contributed by atoms with Crippen LogP contribution < -0.4 is 5.32 Å². The maximum Gasteiger partial charge on any atom is 0.306 e. The fourth-order valence-electron chi connectivity index (χ4n) is 2.95. The van der Waals surface area contributed by atoms with Gasteiger partial charge in [0.05, 0.1) is 5.04 Å². The molecule has 7 heteroatoms. The van der Waals surface area contributed by atoms with Gasteiger partial charge in [-0.15, -0.1) is 11.8 Å². The van der Waals surface area contributed by atoms with Gasteiger partial charge in [0.15, 0.2) is 0 Å². The first-order chi connectivity index (χ1) is 13.7. The van der Waals surface area contributed by atoms with Crippen LogP contribution in [0.15, 0.2) is 24.3 Å². The predicted octanol–water partition coefficient (Wildman–Crippen LogP) is 4.88. The molecule has 0 saturated heterocycles.